The van der Waals surface area contributed by atoms with Crippen molar-refractivity contribution < 1.29 is 9.53 Å². The highest BCUT2D eigenvalue weighted by molar-refractivity contribution is 6.28. The van der Waals surface area contributed by atoms with Gasteiger partial charge in [-0.05, 0) is 31.5 Å². The van der Waals surface area contributed by atoms with Crippen molar-refractivity contribution in [2.75, 3.05) is 6.61 Å². The summed E-state index contributed by atoms with van der Waals surface area (Å²) in [5, 5.41) is 0.118. The van der Waals surface area contributed by atoms with E-state index in [4.69, 9.17) is 22.1 Å². The van der Waals surface area contributed by atoms with Crippen LogP contribution in [0.15, 0.2) is 18.5 Å². The minimum Gasteiger partial charge on any atom is -0.460 e. The zero-order valence-electron chi connectivity index (χ0n) is 11.8. The van der Waals surface area contributed by atoms with E-state index >= 15 is 0 Å². The molecule has 0 saturated carbocycles. The highest BCUT2D eigenvalue weighted by Gasteiger charge is 2.19. The number of carbonyl (C=O) groups is 1. The lowest BCUT2D eigenvalue weighted by Gasteiger charge is -2.09. The maximum atomic E-state index is 12.0. The Hall–Kier alpha value is -1.99. The molecular weight excluding hydrogens is 294 g/mol. The molecule has 0 unspecified atom stereocenters. The summed E-state index contributed by atoms with van der Waals surface area (Å²) in [5.41, 5.74) is 6.84. The van der Waals surface area contributed by atoms with Crippen LogP contribution in [0.5, 0.6) is 0 Å². The van der Waals surface area contributed by atoms with E-state index in [1.54, 1.807) is 23.8 Å². The number of ether oxygens (including phenoxy) is 1. The molecule has 0 saturated heterocycles. The monoisotopic (exact) mass is 309 g/mol. The van der Waals surface area contributed by atoms with Gasteiger partial charge in [0, 0.05) is 25.0 Å². The van der Waals surface area contributed by atoms with Crippen LogP contribution in [-0.2, 0) is 11.3 Å². The number of nitrogens with two attached hydrogens (primary N) is 1. The Morgan fingerprint density at radius 3 is 2.86 bits per heavy atom. The van der Waals surface area contributed by atoms with Gasteiger partial charge in [0.2, 0.25) is 11.1 Å². The fourth-order valence-corrected chi connectivity index (χ4v) is 1.97. The fourth-order valence-electron chi connectivity index (χ4n) is 1.82. The molecule has 0 bridgehead atoms. The lowest BCUT2D eigenvalue weighted by atomic mass is 10.3. The summed E-state index contributed by atoms with van der Waals surface area (Å²) in [7, 11) is 0. The molecule has 0 aliphatic carbocycles. The van der Waals surface area contributed by atoms with Crippen LogP contribution < -0.4 is 5.73 Å². The molecule has 0 aliphatic rings. The molecule has 2 N–H and O–H groups in total. The van der Waals surface area contributed by atoms with Gasteiger partial charge in [0.25, 0.3) is 0 Å². The lowest BCUT2D eigenvalue weighted by molar-refractivity contribution is 0.0506. The van der Waals surface area contributed by atoms with Crippen molar-refractivity contribution in [3.63, 3.8) is 0 Å². The molecule has 2 heterocycles. The summed E-state index contributed by atoms with van der Waals surface area (Å²) in [6.45, 7) is 4.30. The molecule has 2 aromatic rings. The topological polar surface area (TPSA) is 95.9 Å². The lowest BCUT2D eigenvalue weighted by Crippen LogP contribution is -2.24. The first-order chi connectivity index (χ1) is 10.0. The number of nitrogens with zero attached hydrogens (tertiary/aromatic N) is 4. The average Bonchev–Trinajstić information content (AvgIpc) is 2.82. The van der Waals surface area contributed by atoms with E-state index in [0.29, 0.717) is 17.9 Å². The molecule has 8 heteroatoms. The molecule has 0 aromatic carbocycles. The Balaban J connectivity index is 2.42. The van der Waals surface area contributed by atoms with Crippen LogP contribution in [-0.4, -0.2) is 38.1 Å². The molecule has 2 rings (SSSR count). The molecule has 7 nitrogen and oxygen atoms in total. The second kappa shape index (κ2) is 6.64. The van der Waals surface area contributed by atoms with Crippen LogP contribution in [0, 0.1) is 0 Å². The zero-order chi connectivity index (χ0) is 15.4. The van der Waals surface area contributed by atoms with Gasteiger partial charge in [0.15, 0.2) is 0 Å². The molecule has 1 atom stereocenters. The first-order valence-electron chi connectivity index (χ1n) is 6.50. The number of imidazole rings is 1. The SMILES string of the molecule is CCOC(=O)c1nc(-c2ccnc(Cl)n2)cn1C[C@H](C)N. The number of hydrogen-bond donors (Lipinski definition) is 1. The van der Waals surface area contributed by atoms with Gasteiger partial charge in [-0.25, -0.2) is 19.7 Å². The minimum atomic E-state index is -0.496. The number of esters is 1. The van der Waals surface area contributed by atoms with Crippen molar-refractivity contribution in [1.29, 1.82) is 0 Å². The third-order valence-corrected chi connectivity index (χ3v) is 2.79. The molecule has 0 spiro atoms. The normalized spacial score (nSPS) is 12.2. The largest absolute Gasteiger partial charge is 0.460 e. The maximum absolute atomic E-state index is 12.0. The molecule has 0 radical (unpaired) electrons. The molecule has 21 heavy (non-hydrogen) atoms. The van der Waals surface area contributed by atoms with Gasteiger partial charge >= 0.3 is 5.97 Å². The van der Waals surface area contributed by atoms with Crippen molar-refractivity contribution in [2.24, 2.45) is 5.73 Å². The van der Waals surface area contributed by atoms with Crippen molar-refractivity contribution in [2.45, 2.75) is 26.4 Å². The van der Waals surface area contributed by atoms with E-state index in [0.717, 1.165) is 0 Å². The third kappa shape index (κ3) is 3.77. The fraction of sp³-hybridized carbons (Fsp3) is 0.385. The predicted octanol–water partition coefficient (Wildman–Crippen LogP) is 1.52. The first kappa shape index (κ1) is 15.4. The smallest absolute Gasteiger partial charge is 0.374 e. The summed E-state index contributed by atoms with van der Waals surface area (Å²) in [6, 6.07) is 1.54. The van der Waals surface area contributed by atoms with Crippen LogP contribution >= 0.6 is 11.6 Å². The summed E-state index contributed by atoms with van der Waals surface area (Å²) in [4.78, 5) is 24.1. The molecule has 0 amide bonds. The van der Waals surface area contributed by atoms with Gasteiger partial charge in [0.05, 0.1) is 12.3 Å². The van der Waals surface area contributed by atoms with Crippen LogP contribution in [0.3, 0.4) is 0 Å². The van der Waals surface area contributed by atoms with E-state index in [9.17, 15) is 4.79 Å². The molecule has 112 valence electrons. The zero-order valence-corrected chi connectivity index (χ0v) is 12.5. The number of halogens is 1. The number of hydrogen-bond acceptors (Lipinski definition) is 6. The van der Waals surface area contributed by atoms with Crippen LogP contribution in [0.1, 0.15) is 24.5 Å². The van der Waals surface area contributed by atoms with Crippen molar-refractivity contribution in [1.82, 2.24) is 19.5 Å². The van der Waals surface area contributed by atoms with Crippen molar-refractivity contribution >= 4 is 17.6 Å². The number of rotatable bonds is 5. The van der Waals surface area contributed by atoms with Gasteiger partial charge in [0.1, 0.15) is 5.69 Å². The summed E-state index contributed by atoms with van der Waals surface area (Å²) < 4.78 is 6.66. The molecule has 0 fully saturated rings. The minimum absolute atomic E-state index is 0.118. The quantitative estimate of drug-likeness (QED) is 0.664. The van der Waals surface area contributed by atoms with E-state index in [1.165, 1.54) is 6.20 Å². The molecular formula is C13H16ClN5O2. The standard InChI is InChI=1S/C13H16ClN5O2/c1-3-21-12(20)11-17-10(7-19(11)6-8(2)15)9-4-5-16-13(14)18-9/h4-5,7-8H,3,6,15H2,1-2H3/t8-/m0/s1. The van der Waals surface area contributed by atoms with E-state index in [-0.39, 0.29) is 23.8 Å². The van der Waals surface area contributed by atoms with Crippen molar-refractivity contribution in [3.05, 3.63) is 29.6 Å². The maximum Gasteiger partial charge on any atom is 0.374 e. The second-order valence-corrected chi connectivity index (χ2v) is 4.85. The van der Waals surface area contributed by atoms with Crippen LogP contribution in [0.25, 0.3) is 11.4 Å². The summed E-state index contributed by atoms with van der Waals surface area (Å²) in [6.07, 6.45) is 3.23. The van der Waals surface area contributed by atoms with Gasteiger partial charge in [-0.1, -0.05) is 0 Å². The Morgan fingerprint density at radius 1 is 1.48 bits per heavy atom. The van der Waals surface area contributed by atoms with Gasteiger partial charge < -0.3 is 15.0 Å². The molecule has 0 aliphatic heterocycles. The highest BCUT2D eigenvalue weighted by Crippen LogP contribution is 2.18. The van der Waals surface area contributed by atoms with E-state index in [2.05, 4.69) is 15.0 Å². The Morgan fingerprint density at radius 2 is 2.24 bits per heavy atom. The van der Waals surface area contributed by atoms with Crippen molar-refractivity contribution in [3.8, 4) is 11.4 Å². The van der Waals surface area contributed by atoms with E-state index in [1.807, 2.05) is 6.92 Å². The molecule has 2 aromatic heterocycles. The van der Waals surface area contributed by atoms with Gasteiger partial charge in [-0.15, -0.1) is 0 Å². The van der Waals surface area contributed by atoms with Crippen LogP contribution in [0.2, 0.25) is 5.28 Å². The Bertz CT molecular complexity index is 641. The van der Waals surface area contributed by atoms with Crippen LogP contribution in [0.4, 0.5) is 0 Å². The number of aromatic nitrogens is 4. The summed E-state index contributed by atoms with van der Waals surface area (Å²) in [5.74, 6) is -0.302. The second-order valence-electron chi connectivity index (χ2n) is 4.51. The predicted molar refractivity (Wildman–Crippen MR) is 77.9 cm³/mol. The highest BCUT2D eigenvalue weighted by atomic mass is 35.5. The Labute approximate surface area is 127 Å². The average molecular weight is 310 g/mol. The first-order valence-corrected chi connectivity index (χ1v) is 6.87. The van der Waals surface area contributed by atoms with Gasteiger partial charge in [-0.2, -0.15) is 0 Å². The Kier molecular flexibility index (Phi) is 4.87. The van der Waals surface area contributed by atoms with Gasteiger partial charge in [-0.3, -0.25) is 0 Å². The summed E-state index contributed by atoms with van der Waals surface area (Å²) >= 11 is 5.77. The number of carbonyl (C=O) groups excluding carboxylic acids is 1. The van der Waals surface area contributed by atoms with E-state index < -0.39 is 5.97 Å². The third-order valence-electron chi connectivity index (χ3n) is 2.61.